The van der Waals surface area contributed by atoms with Crippen LogP contribution in [0.5, 0.6) is 0 Å². The molecule has 0 radical (unpaired) electrons. The summed E-state index contributed by atoms with van der Waals surface area (Å²) >= 11 is 0. The largest absolute Gasteiger partial charge is 0.342 e. The summed E-state index contributed by atoms with van der Waals surface area (Å²) in [7, 11) is 0. The van der Waals surface area contributed by atoms with Gasteiger partial charge in [0, 0.05) is 24.9 Å². The van der Waals surface area contributed by atoms with Crippen molar-refractivity contribution in [1.29, 1.82) is 0 Å². The number of hydrogen-bond acceptors (Lipinski definition) is 3. The molecule has 0 atom stereocenters. The highest BCUT2D eigenvalue weighted by molar-refractivity contribution is 5.95. The Hall–Kier alpha value is -2.44. The second-order valence-corrected chi connectivity index (χ2v) is 6.18. The van der Waals surface area contributed by atoms with Crippen molar-refractivity contribution in [3.05, 3.63) is 35.6 Å². The Labute approximate surface area is 140 Å². The molecule has 1 aliphatic heterocycles. The summed E-state index contributed by atoms with van der Waals surface area (Å²) < 4.78 is 13.5. The van der Waals surface area contributed by atoms with E-state index < -0.39 is 11.7 Å². The van der Waals surface area contributed by atoms with Gasteiger partial charge in [-0.05, 0) is 25.0 Å². The summed E-state index contributed by atoms with van der Waals surface area (Å²) in [5.41, 5.74) is 4.44. The maximum Gasteiger partial charge on any atom is 0.272 e. The highest BCUT2D eigenvalue weighted by atomic mass is 19.1. The minimum absolute atomic E-state index is 0.0598. The smallest absolute Gasteiger partial charge is 0.272 e. The fourth-order valence-electron chi connectivity index (χ4n) is 2.66. The fraction of sp³-hybridized carbons (Fsp3) is 0.471. The molecule has 24 heavy (non-hydrogen) atoms. The number of amides is 3. The van der Waals surface area contributed by atoms with Gasteiger partial charge in [-0.2, -0.15) is 0 Å². The molecule has 1 aliphatic rings. The molecule has 1 heterocycles. The van der Waals surface area contributed by atoms with Crippen molar-refractivity contribution in [3.63, 3.8) is 0 Å². The first-order chi connectivity index (χ1) is 11.4. The lowest BCUT2D eigenvalue weighted by molar-refractivity contribution is -0.138. The monoisotopic (exact) mass is 335 g/mol. The third-order valence-electron chi connectivity index (χ3n) is 4.09. The number of hydrogen-bond donors (Lipinski definition) is 2. The Kier molecular flexibility index (Phi) is 5.89. The third kappa shape index (κ3) is 4.31. The molecule has 130 valence electrons. The number of carbonyl (C=O) groups is 3. The van der Waals surface area contributed by atoms with Gasteiger partial charge < -0.3 is 4.90 Å². The average Bonchev–Trinajstić information content (AvgIpc) is 2.59. The first kappa shape index (κ1) is 17.9. The third-order valence-corrected chi connectivity index (χ3v) is 4.09. The Bertz CT molecular complexity index is 625. The zero-order valence-corrected chi connectivity index (χ0v) is 13.8. The standard InChI is InChI=1S/C17H22FN3O3/c1-11(2)17(24)21-9-7-12(8-10-21)15(22)19-20-16(23)13-5-3-4-6-14(13)18/h3-6,11-12H,7-10H2,1-2H3,(H,19,22)(H,20,23). The van der Waals surface area contributed by atoms with E-state index in [0.717, 1.165) is 0 Å². The first-order valence-electron chi connectivity index (χ1n) is 8.03. The number of halogens is 1. The summed E-state index contributed by atoms with van der Waals surface area (Å²) in [6, 6.07) is 5.54. The van der Waals surface area contributed by atoms with Crippen molar-refractivity contribution >= 4 is 17.7 Å². The van der Waals surface area contributed by atoms with Gasteiger partial charge in [0.15, 0.2) is 0 Å². The first-order valence-corrected chi connectivity index (χ1v) is 8.03. The van der Waals surface area contributed by atoms with E-state index in [4.69, 9.17) is 0 Å². The number of carbonyl (C=O) groups excluding carboxylic acids is 3. The van der Waals surface area contributed by atoms with Gasteiger partial charge in [0.2, 0.25) is 11.8 Å². The van der Waals surface area contributed by atoms with Crippen molar-refractivity contribution < 1.29 is 18.8 Å². The van der Waals surface area contributed by atoms with Crippen LogP contribution in [0, 0.1) is 17.7 Å². The number of nitrogens with zero attached hydrogens (tertiary/aromatic N) is 1. The molecule has 0 aromatic heterocycles. The molecule has 1 fully saturated rings. The molecule has 6 nitrogen and oxygen atoms in total. The Morgan fingerprint density at radius 2 is 1.75 bits per heavy atom. The predicted octanol–water partition coefficient (Wildman–Crippen LogP) is 1.48. The average molecular weight is 335 g/mol. The fourth-order valence-corrected chi connectivity index (χ4v) is 2.66. The van der Waals surface area contributed by atoms with E-state index in [-0.39, 0.29) is 29.2 Å². The number of nitrogens with one attached hydrogen (secondary N) is 2. The van der Waals surface area contributed by atoms with E-state index in [9.17, 15) is 18.8 Å². The number of piperidine rings is 1. The molecule has 2 N–H and O–H groups in total. The zero-order chi connectivity index (χ0) is 17.7. The molecule has 0 aliphatic carbocycles. The summed E-state index contributed by atoms with van der Waals surface area (Å²) in [4.78, 5) is 37.6. The highest BCUT2D eigenvalue weighted by Gasteiger charge is 2.28. The van der Waals surface area contributed by atoms with Crippen LogP contribution in [-0.4, -0.2) is 35.7 Å². The summed E-state index contributed by atoms with van der Waals surface area (Å²) in [5, 5.41) is 0. The van der Waals surface area contributed by atoms with Gasteiger partial charge in [0.25, 0.3) is 5.91 Å². The van der Waals surface area contributed by atoms with Gasteiger partial charge in [-0.25, -0.2) is 4.39 Å². The number of hydrazine groups is 1. The lowest BCUT2D eigenvalue weighted by Crippen LogP contribution is -2.48. The molecule has 1 aromatic rings. The lowest BCUT2D eigenvalue weighted by atomic mass is 9.95. The lowest BCUT2D eigenvalue weighted by Gasteiger charge is -2.32. The van der Waals surface area contributed by atoms with Crippen LogP contribution < -0.4 is 10.9 Å². The highest BCUT2D eigenvalue weighted by Crippen LogP contribution is 2.18. The van der Waals surface area contributed by atoms with Crippen molar-refractivity contribution in [2.24, 2.45) is 11.8 Å². The normalized spacial score (nSPS) is 15.2. The van der Waals surface area contributed by atoms with Crippen LogP contribution in [0.1, 0.15) is 37.0 Å². The van der Waals surface area contributed by atoms with Crippen LogP contribution in [-0.2, 0) is 9.59 Å². The summed E-state index contributed by atoms with van der Waals surface area (Å²) in [6.07, 6.45) is 1.08. The molecule has 3 amide bonds. The van der Waals surface area contributed by atoms with Crippen LogP contribution >= 0.6 is 0 Å². The quantitative estimate of drug-likeness (QED) is 0.821. The van der Waals surface area contributed by atoms with E-state index >= 15 is 0 Å². The molecule has 0 unspecified atom stereocenters. The zero-order valence-electron chi connectivity index (χ0n) is 13.8. The second-order valence-electron chi connectivity index (χ2n) is 6.18. The van der Waals surface area contributed by atoms with Crippen molar-refractivity contribution in [2.75, 3.05) is 13.1 Å². The minimum Gasteiger partial charge on any atom is -0.342 e. The molecule has 0 bridgehead atoms. The minimum atomic E-state index is -0.700. The van der Waals surface area contributed by atoms with Crippen molar-refractivity contribution in [3.8, 4) is 0 Å². The molecule has 1 saturated heterocycles. The molecular formula is C17H22FN3O3. The van der Waals surface area contributed by atoms with E-state index in [0.29, 0.717) is 25.9 Å². The summed E-state index contributed by atoms with van der Waals surface area (Å²) in [6.45, 7) is 4.74. The van der Waals surface area contributed by atoms with Crippen LogP contribution in [0.3, 0.4) is 0 Å². The molecule has 1 aromatic carbocycles. The molecule has 0 saturated carbocycles. The van der Waals surface area contributed by atoms with Crippen LogP contribution in [0.15, 0.2) is 24.3 Å². The van der Waals surface area contributed by atoms with Crippen LogP contribution in [0.25, 0.3) is 0 Å². The van der Waals surface area contributed by atoms with Gasteiger partial charge in [-0.1, -0.05) is 26.0 Å². The summed E-state index contributed by atoms with van der Waals surface area (Å²) in [5.74, 6) is -1.92. The predicted molar refractivity (Wildman–Crippen MR) is 86.2 cm³/mol. The molecular weight excluding hydrogens is 313 g/mol. The Morgan fingerprint density at radius 3 is 2.33 bits per heavy atom. The number of likely N-dealkylation sites (tertiary alicyclic amines) is 1. The maximum absolute atomic E-state index is 13.5. The number of benzene rings is 1. The Morgan fingerprint density at radius 1 is 1.12 bits per heavy atom. The van der Waals surface area contributed by atoms with Gasteiger partial charge in [0.05, 0.1) is 5.56 Å². The van der Waals surface area contributed by atoms with Gasteiger partial charge in [-0.15, -0.1) is 0 Å². The van der Waals surface area contributed by atoms with E-state index in [1.165, 1.54) is 18.2 Å². The van der Waals surface area contributed by atoms with Crippen molar-refractivity contribution in [1.82, 2.24) is 15.8 Å². The van der Waals surface area contributed by atoms with Gasteiger partial charge in [0.1, 0.15) is 5.82 Å². The molecule has 7 heteroatoms. The van der Waals surface area contributed by atoms with Crippen molar-refractivity contribution in [2.45, 2.75) is 26.7 Å². The van der Waals surface area contributed by atoms with E-state index in [2.05, 4.69) is 10.9 Å². The van der Waals surface area contributed by atoms with Gasteiger partial charge >= 0.3 is 0 Å². The number of rotatable bonds is 3. The maximum atomic E-state index is 13.5. The van der Waals surface area contributed by atoms with Crippen LogP contribution in [0.2, 0.25) is 0 Å². The van der Waals surface area contributed by atoms with Gasteiger partial charge in [-0.3, -0.25) is 25.2 Å². The van der Waals surface area contributed by atoms with Crippen LogP contribution in [0.4, 0.5) is 4.39 Å². The molecule has 0 spiro atoms. The second kappa shape index (κ2) is 7.90. The molecule has 2 rings (SSSR count). The SMILES string of the molecule is CC(C)C(=O)N1CCC(C(=O)NNC(=O)c2ccccc2F)CC1. The van der Waals surface area contributed by atoms with E-state index in [1.807, 2.05) is 13.8 Å². The topological polar surface area (TPSA) is 78.5 Å². The Balaban J connectivity index is 1.81. The van der Waals surface area contributed by atoms with E-state index in [1.54, 1.807) is 11.0 Å².